The maximum atomic E-state index is 14.7. The Morgan fingerprint density at radius 3 is 1.51 bits per heavy atom. The average Bonchev–Trinajstić information content (AvgIpc) is 0.842. The second kappa shape index (κ2) is 38.0. The zero-order valence-electron chi connectivity index (χ0n) is 52.4. The number of imidazole rings is 2. The van der Waals surface area contributed by atoms with Crippen molar-refractivity contribution in [3.8, 4) is 28.5 Å². The molecule has 12 rings (SSSR count). The summed E-state index contributed by atoms with van der Waals surface area (Å²) < 4.78 is 115. The van der Waals surface area contributed by atoms with Crippen molar-refractivity contribution >= 4 is 138 Å². The molecule has 3 saturated heterocycles. The number of piperidine rings is 3. The summed E-state index contributed by atoms with van der Waals surface area (Å²) in [6, 6.07) is 34.2. The van der Waals surface area contributed by atoms with Gasteiger partial charge in [-0.3, -0.25) is 14.9 Å². The van der Waals surface area contributed by atoms with Crippen molar-refractivity contribution in [3.05, 3.63) is 184 Å². The van der Waals surface area contributed by atoms with Crippen molar-refractivity contribution in [3.63, 3.8) is 0 Å². The van der Waals surface area contributed by atoms with E-state index in [1.165, 1.54) is 97.5 Å². The van der Waals surface area contributed by atoms with Crippen LogP contribution in [0.5, 0.6) is 5.75 Å². The number of aldehydes is 1. The number of nitrogens with zero attached hydrogens (tertiary/aromatic N) is 11. The number of hydrogen-bond acceptors (Lipinski definition) is 20. The molecule has 0 aliphatic carbocycles. The molecule has 35 heteroatoms. The van der Waals surface area contributed by atoms with Gasteiger partial charge in [0.2, 0.25) is 15.8 Å². The van der Waals surface area contributed by atoms with Gasteiger partial charge >= 0.3 is 81.9 Å². The molecule has 4 aromatic carbocycles. The van der Waals surface area contributed by atoms with Crippen LogP contribution in [-0.2, 0) is 28.6 Å². The first-order valence-electron chi connectivity index (χ1n) is 30.2. The molecule has 498 valence electrons. The number of methoxy groups -OCH3 is 1. The monoisotopic (exact) mass is 1420 g/mol. The first kappa shape index (κ1) is 78.5. The number of fused-ring (bicyclic) bond motifs is 2. The summed E-state index contributed by atoms with van der Waals surface area (Å²) in [5.41, 5.74) is 3.89. The Balaban J connectivity index is 0.000000207. The normalized spacial score (nSPS) is 14.6. The number of nitrogens with one attached hydrogen (secondary N) is 1. The summed E-state index contributed by atoms with van der Waals surface area (Å²) in [6.45, 7) is 7.29. The number of halogens is 4. The molecule has 0 saturated carbocycles. The van der Waals surface area contributed by atoms with Crippen molar-refractivity contribution in [2.24, 2.45) is 0 Å². The zero-order chi connectivity index (χ0) is 68.9. The van der Waals surface area contributed by atoms with Crippen LogP contribution in [0.25, 0.3) is 45.1 Å². The van der Waals surface area contributed by atoms with Crippen molar-refractivity contribution < 1.29 is 62.9 Å². The minimum atomic E-state index is -3.72. The van der Waals surface area contributed by atoms with Crippen LogP contribution in [0.3, 0.4) is 0 Å². The number of sulfonamides is 1. The van der Waals surface area contributed by atoms with Crippen molar-refractivity contribution in [2.45, 2.75) is 82.6 Å². The Morgan fingerprint density at radius 2 is 1.09 bits per heavy atom. The Labute approximate surface area is 590 Å². The Morgan fingerprint density at radius 1 is 0.656 bits per heavy atom. The topological polar surface area (TPSA) is 308 Å². The summed E-state index contributed by atoms with van der Waals surface area (Å²) in [7, 11) is -9.02. The van der Waals surface area contributed by atoms with E-state index in [0.717, 1.165) is 63.0 Å². The summed E-state index contributed by atoms with van der Waals surface area (Å²) in [6.07, 6.45) is 9.93. The molecule has 3 N–H and O–H groups in total. The molecule has 96 heavy (non-hydrogen) atoms. The summed E-state index contributed by atoms with van der Waals surface area (Å²) >= 11 is 9.04. The number of ether oxygens (including phenoxy) is 1. The third kappa shape index (κ3) is 20.6. The van der Waals surface area contributed by atoms with Gasteiger partial charge in [0.15, 0.2) is 17.6 Å². The van der Waals surface area contributed by atoms with Crippen molar-refractivity contribution in [1.82, 2.24) is 48.0 Å². The molecule has 3 fully saturated rings. The summed E-state index contributed by atoms with van der Waals surface area (Å²) in [5, 5.41) is 33.5. The maximum absolute atomic E-state index is 14.7. The molecule has 3 aliphatic rings. The van der Waals surface area contributed by atoms with Crippen LogP contribution < -0.4 is 10.1 Å². The first-order valence-corrected chi connectivity index (χ1v) is 42.7. The predicted molar refractivity (Wildman–Crippen MR) is 365 cm³/mol. The second-order valence-electron chi connectivity index (χ2n) is 21.4. The molecule has 0 amide bonds. The average molecular weight is 1420 g/mol. The van der Waals surface area contributed by atoms with E-state index in [9.17, 15) is 46.5 Å². The van der Waals surface area contributed by atoms with Crippen LogP contribution in [0.1, 0.15) is 68.4 Å². The van der Waals surface area contributed by atoms with Gasteiger partial charge in [-0.15, -0.1) is 0 Å². The minimum absolute atomic E-state index is 0. The summed E-state index contributed by atoms with van der Waals surface area (Å²) in [5.74, 6) is 0.753. The van der Waals surface area contributed by atoms with E-state index >= 15 is 0 Å². The number of benzene rings is 4. The van der Waals surface area contributed by atoms with Gasteiger partial charge in [0, 0.05) is 55.9 Å². The predicted octanol–water partition coefficient (Wildman–Crippen LogP) is 9.06. The van der Waals surface area contributed by atoms with Crippen LogP contribution in [0.4, 0.5) is 24.7 Å². The molecule has 0 atom stereocenters. The van der Waals surface area contributed by atoms with Gasteiger partial charge in [0.05, 0.1) is 38.6 Å². The fourth-order valence-electron chi connectivity index (χ4n) is 10.9. The summed E-state index contributed by atoms with van der Waals surface area (Å²) in [4.78, 5) is 47.0. The quantitative estimate of drug-likeness (QED) is 0.0419. The molecule has 24 nitrogen and oxygen atoms in total. The molecule has 5 aromatic heterocycles. The van der Waals surface area contributed by atoms with E-state index in [1.54, 1.807) is 92.9 Å². The van der Waals surface area contributed by atoms with E-state index in [0.29, 0.717) is 77.7 Å². The number of rotatable bonds is 13. The Bertz CT molecular complexity index is 4430. The number of anilines is 1. The molecule has 8 heterocycles. The van der Waals surface area contributed by atoms with Crippen LogP contribution in [0.2, 0.25) is 18.7 Å². The van der Waals surface area contributed by atoms with Crippen molar-refractivity contribution in [1.29, 1.82) is 0 Å². The molecule has 3 aliphatic heterocycles. The van der Waals surface area contributed by atoms with Crippen LogP contribution >= 0.6 is 11.6 Å². The molecule has 9 aromatic rings. The standard InChI is InChI=1S/C24H22ClFN4O3S.C18H20BFN4O.C11H17BN4O3.C7H5FO.CH4.2Na.O4S2/c1-33-22-9-8-17(15-19(22)25)34(31,32)29-13-10-16(11-14-29)30-23(18-5-2-3-6-20(18)26)28-21-7-4-12-27-24(21)30;1-19(25)23-11-8-13(9-12-23)24-17(14-5-2-3-6-15(14)20)22-16-7-4-10-21-18(16)24;1-12(17)15-7-4-9(5-8-15)14-11-10(16(18)19)3-2-6-13-11;8-7-4-2-1-3-6(7)5-9;;;;1-5(2)6(3)4/h2-9,12,15-16H,10-11,13-14H2,1H3;2-7,10,13,25H,8-9,11-12H2,1H3;2-3,6,9,17H,4-5,7-8H2,1H3,(H,13,14);1-5H;1H4;;;. The van der Waals surface area contributed by atoms with E-state index < -0.39 is 53.4 Å². The fraction of sp³-hybridized carbons (Fsp3) is 0.311. The van der Waals surface area contributed by atoms with Gasteiger partial charge in [-0.2, -0.15) is 21.1 Å². The van der Waals surface area contributed by atoms with Gasteiger partial charge in [-0.05, 0) is 163 Å². The molecular weight excluding hydrogens is 1350 g/mol. The third-order valence-electron chi connectivity index (χ3n) is 15.6. The van der Waals surface area contributed by atoms with Crippen LogP contribution in [0, 0.1) is 27.6 Å². The Kier molecular flexibility index (Phi) is 31.1. The number of nitro groups is 1. The number of carbonyl (C=O) groups is 1. The SMILES string of the molecule is C.CB(O)N1CCC(Nc2ncccc2[N+](=O)[O-])CC1.CB(O)N1CCC(n2c(-c3ccccc3F)nc3cccnc32)CC1.COc1ccc(S(=O)(=O)N2CCC(n3c(-c4ccccc4F)nc4cccnc43)CC2)cc1Cl.O=Cc1ccccc1F.O=S(=O)=S(=O)=O.[Na][Na]. The number of pyridine rings is 3. The van der Waals surface area contributed by atoms with E-state index in [-0.39, 0.29) is 58.4 Å². The molecule has 0 bridgehead atoms. The van der Waals surface area contributed by atoms with Gasteiger partial charge in [0.1, 0.15) is 45.9 Å². The second-order valence-corrected chi connectivity index (χ2v) is 26.2. The van der Waals surface area contributed by atoms with Gasteiger partial charge < -0.3 is 38.9 Å². The van der Waals surface area contributed by atoms with Gasteiger partial charge in [-0.25, -0.2) is 46.5 Å². The molecule has 0 spiro atoms. The number of carbonyl (C=O) groups excluding carboxylic acids is 1. The van der Waals surface area contributed by atoms with E-state index in [1.807, 2.05) is 38.5 Å². The van der Waals surface area contributed by atoms with Gasteiger partial charge in [0.25, 0.3) is 0 Å². The zero-order valence-corrected chi connectivity index (χ0v) is 59.6. The van der Waals surface area contributed by atoms with Gasteiger partial charge in [-0.1, -0.05) is 55.4 Å². The Hall–Kier alpha value is -6.46. The van der Waals surface area contributed by atoms with Crippen LogP contribution in [0.15, 0.2) is 151 Å². The third-order valence-corrected chi connectivity index (χ3v) is 18.7. The fourth-order valence-corrected chi connectivity index (χ4v) is 12.7. The molecule has 0 unspecified atom stereocenters. The molecular formula is C61H68B2ClF3N12Na2O12S3. The van der Waals surface area contributed by atoms with E-state index in [4.69, 9.17) is 33.2 Å². The van der Waals surface area contributed by atoms with Crippen molar-refractivity contribution in [2.75, 3.05) is 51.7 Å². The number of aromatic nitrogens is 7. The van der Waals surface area contributed by atoms with Crippen LogP contribution in [-0.4, -0.2) is 205 Å². The molecule has 0 radical (unpaired) electrons. The number of hydrogen-bond donors (Lipinski definition) is 3. The first-order chi connectivity index (χ1) is 45.6. The van der Waals surface area contributed by atoms with E-state index in [2.05, 4.69) is 34.8 Å².